The second-order valence-electron chi connectivity index (χ2n) is 3.62. The predicted octanol–water partition coefficient (Wildman–Crippen LogP) is 1.59. The number of thiazole rings is 1. The molecule has 0 aliphatic rings. The fourth-order valence-corrected chi connectivity index (χ4v) is 2.32. The van der Waals surface area contributed by atoms with Gasteiger partial charge in [-0.25, -0.2) is 0 Å². The van der Waals surface area contributed by atoms with Crippen molar-refractivity contribution in [2.24, 2.45) is 5.84 Å². The van der Waals surface area contributed by atoms with E-state index in [0.717, 1.165) is 12.0 Å². The van der Waals surface area contributed by atoms with E-state index in [9.17, 15) is 0 Å². The number of aromatic nitrogens is 2. The summed E-state index contributed by atoms with van der Waals surface area (Å²) < 4.78 is 0. The Hall–Kier alpha value is -1.30. The molecule has 4 nitrogen and oxygen atoms in total. The summed E-state index contributed by atoms with van der Waals surface area (Å²) in [6, 6.07) is 2.12. The Labute approximate surface area is 98.5 Å². The molecule has 2 aromatic rings. The standard InChI is InChI=1S/C11H14N4S/c1-8-5-13-3-2-10(8)11(15-12)4-9-6-14-7-16-9/h2-3,5-7,11,15H,4,12H2,1H3. The van der Waals surface area contributed by atoms with Gasteiger partial charge in [0.25, 0.3) is 0 Å². The minimum absolute atomic E-state index is 0.114. The van der Waals surface area contributed by atoms with Crippen LogP contribution in [0.25, 0.3) is 0 Å². The van der Waals surface area contributed by atoms with E-state index in [1.54, 1.807) is 17.5 Å². The van der Waals surface area contributed by atoms with Gasteiger partial charge in [-0.1, -0.05) is 0 Å². The van der Waals surface area contributed by atoms with Crippen LogP contribution in [0.15, 0.2) is 30.2 Å². The quantitative estimate of drug-likeness (QED) is 0.623. The summed E-state index contributed by atoms with van der Waals surface area (Å²) in [5.74, 6) is 5.60. The third kappa shape index (κ3) is 2.44. The number of aryl methyl sites for hydroxylation is 1. The zero-order valence-electron chi connectivity index (χ0n) is 9.05. The van der Waals surface area contributed by atoms with Crippen molar-refractivity contribution < 1.29 is 0 Å². The predicted molar refractivity (Wildman–Crippen MR) is 64.9 cm³/mol. The topological polar surface area (TPSA) is 63.8 Å². The summed E-state index contributed by atoms with van der Waals surface area (Å²) in [6.45, 7) is 2.04. The number of hydrogen-bond donors (Lipinski definition) is 2. The van der Waals surface area contributed by atoms with Crippen LogP contribution in [0.1, 0.15) is 22.0 Å². The first-order chi connectivity index (χ1) is 7.81. The van der Waals surface area contributed by atoms with E-state index in [4.69, 9.17) is 5.84 Å². The highest BCUT2D eigenvalue weighted by molar-refractivity contribution is 7.09. The van der Waals surface area contributed by atoms with Crippen LogP contribution in [-0.2, 0) is 6.42 Å². The van der Waals surface area contributed by atoms with Gasteiger partial charge in [-0.05, 0) is 24.1 Å². The fourth-order valence-electron chi connectivity index (χ4n) is 1.68. The first kappa shape index (κ1) is 11.2. The zero-order valence-corrected chi connectivity index (χ0v) is 9.87. The van der Waals surface area contributed by atoms with Gasteiger partial charge in [0.1, 0.15) is 0 Å². The lowest BCUT2D eigenvalue weighted by Crippen LogP contribution is -2.30. The summed E-state index contributed by atoms with van der Waals surface area (Å²) >= 11 is 1.64. The number of pyridine rings is 1. The SMILES string of the molecule is Cc1cnccc1C(Cc1cncs1)NN. The van der Waals surface area contributed by atoms with Crippen molar-refractivity contribution in [3.8, 4) is 0 Å². The minimum atomic E-state index is 0.114. The van der Waals surface area contributed by atoms with Gasteiger partial charge in [0.05, 0.1) is 11.6 Å². The Kier molecular flexibility index (Phi) is 3.61. The summed E-state index contributed by atoms with van der Waals surface area (Å²) in [6.07, 6.45) is 6.38. The number of hydrazine groups is 1. The van der Waals surface area contributed by atoms with Crippen LogP contribution in [0, 0.1) is 6.92 Å². The van der Waals surface area contributed by atoms with Gasteiger partial charge in [-0.15, -0.1) is 11.3 Å². The average molecular weight is 234 g/mol. The summed E-state index contributed by atoms with van der Waals surface area (Å²) in [4.78, 5) is 9.36. The Morgan fingerprint density at radius 3 is 2.94 bits per heavy atom. The van der Waals surface area contributed by atoms with Crippen LogP contribution >= 0.6 is 11.3 Å². The lowest BCUT2D eigenvalue weighted by Gasteiger charge is -2.17. The molecule has 0 spiro atoms. The molecule has 0 amide bonds. The van der Waals surface area contributed by atoms with Crippen LogP contribution in [-0.4, -0.2) is 9.97 Å². The molecule has 2 aromatic heterocycles. The molecule has 0 saturated heterocycles. The number of rotatable bonds is 4. The first-order valence-corrected chi connectivity index (χ1v) is 5.93. The Balaban J connectivity index is 2.20. The number of nitrogens with one attached hydrogen (secondary N) is 1. The van der Waals surface area contributed by atoms with Gasteiger partial charge in [-0.3, -0.25) is 21.2 Å². The van der Waals surface area contributed by atoms with E-state index in [-0.39, 0.29) is 6.04 Å². The van der Waals surface area contributed by atoms with E-state index in [1.807, 2.05) is 30.9 Å². The Morgan fingerprint density at radius 1 is 1.44 bits per heavy atom. The lowest BCUT2D eigenvalue weighted by molar-refractivity contribution is 0.552. The van der Waals surface area contributed by atoms with Crippen molar-refractivity contribution in [1.29, 1.82) is 0 Å². The number of hydrogen-bond acceptors (Lipinski definition) is 5. The summed E-state index contributed by atoms with van der Waals surface area (Å²) in [5, 5.41) is 0. The first-order valence-electron chi connectivity index (χ1n) is 5.05. The van der Waals surface area contributed by atoms with Crippen LogP contribution in [0.3, 0.4) is 0 Å². The molecule has 0 bridgehead atoms. The lowest BCUT2D eigenvalue weighted by atomic mass is 10.0. The van der Waals surface area contributed by atoms with Crippen molar-refractivity contribution in [2.45, 2.75) is 19.4 Å². The second-order valence-corrected chi connectivity index (χ2v) is 4.59. The van der Waals surface area contributed by atoms with E-state index >= 15 is 0 Å². The number of nitrogens with two attached hydrogens (primary N) is 1. The number of nitrogens with zero attached hydrogens (tertiary/aromatic N) is 2. The molecule has 0 radical (unpaired) electrons. The van der Waals surface area contributed by atoms with Gasteiger partial charge >= 0.3 is 0 Å². The third-order valence-corrected chi connectivity index (χ3v) is 3.33. The minimum Gasteiger partial charge on any atom is -0.271 e. The van der Waals surface area contributed by atoms with Crippen molar-refractivity contribution in [3.05, 3.63) is 46.2 Å². The smallest absolute Gasteiger partial charge is 0.0794 e. The molecule has 5 heteroatoms. The van der Waals surface area contributed by atoms with Gasteiger partial charge in [0, 0.05) is 29.9 Å². The molecule has 84 valence electrons. The van der Waals surface area contributed by atoms with Crippen molar-refractivity contribution in [2.75, 3.05) is 0 Å². The molecule has 0 fully saturated rings. The van der Waals surface area contributed by atoms with Crippen LogP contribution < -0.4 is 11.3 Å². The molecule has 2 rings (SSSR count). The molecular weight excluding hydrogens is 220 g/mol. The molecule has 1 atom stereocenters. The van der Waals surface area contributed by atoms with Gasteiger partial charge < -0.3 is 0 Å². The Morgan fingerprint density at radius 2 is 2.31 bits per heavy atom. The summed E-state index contributed by atoms with van der Waals surface area (Å²) in [5.41, 5.74) is 7.02. The monoisotopic (exact) mass is 234 g/mol. The van der Waals surface area contributed by atoms with Crippen molar-refractivity contribution in [3.63, 3.8) is 0 Å². The van der Waals surface area contributed by atoms with Gasteiger partial charge in [0.15, 0.2) is 0 Å². The van der Waals surface area contributed by atoms with Crippen molar-refractivity contribution in [1.82, 2.24) is 15.4 Å². The Bertz CT molecular complexity index is 441. The van der Waals surface area contributed by atoms with Gasteiger partial charge in [-0.2, -0.15) is 0 Å². The summed E-state index contributed by atoms with van der Waals surface area (Å²) in [7, 11) is 0. The maximum Gasteiger partial charge on any atom is 0.0794 e. The van der Waals surface area contributed by atoms with Crippen LogP contribution in [0.2, 0.25) is 0 Å². The molecule has 1 unspecified atom stereocenters. The fraction of sp³-hybridized carbons (Fsp3) is 0.273. The average Bonchev–Trinajstić information content (AvgIpc) is 2.80. The largest absolute Gasteiger partial charge is 0.271 e. The molecule has 16 heavy (non-hydrogen) atoms. The molecule has 0 saturated carbocycles. The molecule has 0 aromatic carbocycles. The second kappa shape index (κ2) is 5.16. The van der Waals surface area contributed by atoms with Gasteiger partial charge in [0.2, 0.25) is 0 Å². The molecule has 0 aliphatic heterocycles. The van der Waals surface area contributed by atoms with Crippen molar-refractivity contribution >= 4 is 11.3 Å². The van der Waals surface area contributed by atoms with E-state index < -0.39 is 0 Å². The maximum atomic E-state index is 5.60. The maximum absolute atomic E-state index is 5.60. The van der Waals surface area contributed by atoms with Crippen LogP contribution in [0.4, 0.5) is 0 Å². The van der Waals surface area contributed by atoms with E-state index in [2.05, 4.69) is 15.4 Å². The van der Waals surface area contributed by atoms with E-state index in [0.29, 0.717) is 0 Å². The van der Waals surface area contributed by atoms with Crippen LogP contribution in [0.5, 0.6) is 0 Å². The highest BCUT2D eigenvalue weighted by Gasteiger charge is 2.13. The normalized spacial score (nSPS) is 12.6. The highest BCUT2D eigenvalue weighted by atomic mass is 32.1. The molecule has 3 N–H and O–H groups in total. The molecular formula is C11H14N4S. The zero-order chi connectivity index (χ0) is 11.4. The van der Waals surface area contributed by atoms with E-state index in [1.165, 1.54) is 10.4 Å². The molecule has 0 aliphatic carbocycles. The molecule has 2 heterocycles. The highest BCUT2D eigenvalue weighted by Crippen LogP contribution is 2.21. The third-order valence-electron chi connectivity index (χ3n) is 2.53.